The van der Waals surface area contributed by atoms with Crippen LogP contribution < -0.4 is 0 Å². The van der Waals surface area contributed by atoms with Crippen molar-refractivity contribution in [3.8, 4) is 5.75 Å². The first kappa shape index (κ1) is 27.5. The summed E-state index contributed by atoms with van der Waals surface area (Å²) in [5.74, 6) is -1.38. The maximum absolute atomic E-state index is 12.0. The second kappa shape index (κ2) is 12.3. The molecule has 0 radical (unpaired) electrons. The van der Waals surface area contributed by atoms with Crippen LogP contribution in [0.5, 0.6) is 5.75 Å². The van der Waals surface area contributed by atoms with E-state index >= 15 is 0 Å². The molecule has 0 unspecified atom stereocenters. The lowest BCUT2D eigenvalue weighted by Gasteiger charge is -2.39. The Balaban J connectivity index is 1.55. The lowest BCUT2D eigenvalue weighted by molar-refractivity contribution is -0.299. The summed E-state index contributed by atoms with van der Waals surface area (Å²) in [6, 6.07) is 6.10. The van der Waals surface area contributed by atoms with Gasteiger partial charge in [-0.1, -0.05) is 17.7 Å². The molecule has 2 fully saturated rings. The van der Waals surface area contributed by atoms with Crippen LogP contribution >= 0.6 is 0 Å². The van der Waals surface area contributed by atoms with Gasteiger partial charge in [0.1, 0.15) is 42.9 Å². The lowest BCUT2D eigenvalue weighted by atomic mass is 9.99. The van der Waals surface area contributed by atoms with E-state index in [1.54, 1.807) is 32.1 Å². The molecule has 36 heavy (non-hydrogen) atoms. The molecule has 0 amide bonds. The minimum atomic E-state index is -1.66. The Morgan fingerprint density at radius 3 is 2.42 bits per heavy atom. The van der Waals surface area contributed by atoms with E-state index < -0.39 is 61.5 Å². The van der Waals surface area contributed by atoms with E-state index in [1.807, 2.05) is 0 Å². The quantitative estimate of drug-likeness (QED) is 0.182. The van der Waals surface area contributed by atoms with Crippen molar-refractivity contribution in [2.45, 2.75) is 56.8 Å². The molecule has 11 nitrogen and oxygen atoms in total. The first-order chi connectivity index (χ1) is 17.1. The molecule has 7 atom stereocenters. The Bertz CT molecular complexity index is 1010. The van der Waals surface area contributed by atoms with Crippen LogP contribution in [0.2, 0.25) is 0 Å². The summed E-state index contributed by atoms with van der Waals surface area (Å²) in [5.41, 5.74) is 1.48. The van der Waals surface area contributed by atoms with Crippen LogP contribution in [0, 0.1) is 0 Å². The third-order valence-electron chi connectivity index (χ3n) is 5.53. The minimum absolute atomic E-state index is 0.0192. The first-order valence-corrected chi connectivity index (χ1v) is 11.3. The molecular weight excluding hydrogens is 476 g/mol. The number of ether oxygens (including phenoxy) is 4. The molecule has 2 aliphatic heterocycles. The molecule has 2 heterocycles. The van der Waals surface area contributed by atoms with E-state index in [4.69, 9.17) is 18.9 Å². The molecule has 3 rings (SSSR count). The molecule has 2 aliphatic rings. The number of phenols is 1. The number of allylic oxidation sites excluding steroid dienone is 1. The zero-order chi connectivity index (χ0) is 26.4. The monoisotopic (exact) mass is 506 g/mol. The number of hydrogen-bond acceptors (Lipinski definition) is 11. The van der Waals surface area contributed by atoms with Crippen molar-refractivity contribution < 1.29 is 54.1 Å². The van der Waals surface area contributed by atoms with Crippen LogP contribution in [0.15, 0.2) is 53.6 Å². The summed E-state index contributed by atoms with van der Waals surface area (Å²) in [6.07, 6.45) is -3.99. The summed E-state index contributed by atoms with van der Waals surface area (Å²) >= 11 is 0. The van der Waals surface area contributed by atoms with Gasteiger partial charge in [-0.2, -0.15) is 0 Å². The number of rotatable bonds is 8. The van der Waals surface area contributed by atoms with E-state index in [1.165, 1.54) is 24.3 Å². The van der Waals surface area contributed by atoms with Crippen molar-refractivity contribution in [2.75, 3.05) is 13.2 Å². The van der Waals surface area contributed by atoms with Gasteiger partial charge in [0.25, 0.3) is 0 Å². The van der Waals surface area contributed by atoms with Crippen molar-refractivity contribution in [3.63, 3.8) is 0 Å². The van der Waals surface area contributed by atoms with Gasteiger partial charge >= 0.3 is 11.9 Å². The van der Waals surface area contributed by atoms with E-state index in [9.17, 15) is 35.1 Å². The summed E-state index contributed by atoms with van der Waals surface area (Å²) < 4.78 is 21.1. The molecule has 0 saturated carbocycles. The average molecular weight is 507 g/mol. The second-order valence-electron chi connectivity index (χ2n) is 8.62. The number of hydrogen-bond donors (Lipinski definition) is 5. The van der Waals surface area contributed by atoms with Crippen LogP contribution in [-0.4, -0.2) is 93.6 Å². The highest BCUT2D eigenvalue weighted by Gasteiger charge is 2.45. The Kier molecular flexibility index (Phi) is 9.37. The van der Waals surface area contributed by atoms with Crippen molar-refractivity contribution in [1.29, 1.82) is 0 Å². The predicted octanol–water partition coefficient (Wildman–Crippen LogP) is -0.0483. The van der Waals surface area contributed by atoms with E-state index in [0.717, 1.165) is 11.6 Å². The maximum atomic E-state index is 12.0. The van der Waals surface area contributed by atoms with Crippen LogP contribution in [0.25, 0.3) is 6.08 Å². The number of carbonyl (C=O) groups is 2. The Morgan fingerprint density at radius 2 is 1.75 bits per heavy atom. The maximum Gasteiger partial charge on any atom is 0.337 e. The number of cyclic esters (lactones) is 1. The first-order valence-electron chi connectivity index (χ1n) is 11.3. The van der Waals surface area contributed by atoms with Gasteiger partial charge in [-0.15, -0.1) is 0 Å². The molecule has 0 aromatic heterocycles. The Labute approximate surface area is 207 Å². The van der Waals surface area contributed by atoms with Gasteiger partial charge in [-0.25, -0.2) is 9.59 Å². The fourth-order valence-corrected chi connectivity index (χ4v) is 3.60. The molecule has 2 saturated heterocycles. The predicted molar refractivity (Wildman–Crippen MR) is 124 cm³/mol. The molecule has 0 spiro atoms. The summed E-state index contributed by atoms with van der Waals surface area (Å²) in [4.78, 5) is 24.0. The molecular formula is C25H30O11. The van der Waals surface area contributed by atoms with Crippen molar-refractivity contribution in [2.24, 2.45) is 0 Å². The van der Waals surface area contributed by atoms with Gasteiger partial charge < -0.3 is 44.5 Å². The zero-order valence-electron chi connectivity index (χ0n) is 19.8. The fourth-order valence-electron chi connectivity index (χ4n) is 3.60. The molecule has 1 aromatic rings. The van der Waals surface area contributed by atoms with Crippen LogP contribution in [0.1, 0.15) is 19.4 Å². The number of carbonyl (C=O) groups excluding carboxylic acids is 2. The lowest BCUT2D eigenvalue weighted by Crippen LogP contribution is -2.59. The van der Waals surface area contributed by atoms with E-state index in [2.05, 4.69) is 0 Å². The van der Waals surface area contributed by atoms with Gasteiger partial charge in [0.05, 0.1) is 12.2 Å². The molecule has 196 valence electrons. The highest BCUT2D eigenvalue weighted by Crippen LogP contribution is 2.25. The number of aliphatic hydroxyl groups excluding tert-OH is 4. The molecule has 0 bridgehead atoms. The molecule has 0 aliphatic carbocycles. The second-order valence-corrected chi connectivity index (χ2v) is 8.62. The Hall–Kier alpha value is -3.06. The van der Waals surface area contributed by atoms with Crippen LogP contribution in [0.3, 0.4) is 0 Å². The number of aliphatic hydroxyl groups is 4. The zero-order valence-corrected chi connectivity index (χ0v) is 19.8. The smallest absolute Gasteiger partial charge is 0.337 e. The van der Waals surface area contributed by atoms with Crippen molar-refractivity contribution in [1.82, 2.24) is 0 Å². The highest BCUT2D eigenvalue weighted by atomic mass is 16.7. The van der Waals surface area contributed by atoms with E-state index in [0.29, 0.717) is 5.56 Å². The van der Waals surface area contributed by atoms with Gasteiger partial charge in [0.15, 0.2) is 12.4 Å². The van der Waals surface area contributed by atoms with Crippen LogP contribution in [-0.2, 0) is 28.5 Å². The van der Waals surface area contributed by atoms with Crippen molar-refractivity contribution >= 4 is 18.0 Å². The minimum Gasteiger partial charge on any atom is -0.508 e. The highest BCUT2D eigenvalue weighted by molar-refractivity contribution is 5.92. The standard InChI is InChI=1S/C25H30O11/c1-13(2)11-17-20(28)16(24(32)35-17)9-10-33-25-23(31)22(30)21(29)18(36-25)12-34-19(27)8-5-14-3-6-15(26)7-4-14/h3-9,11,17-18,20-23,25-26,28-31H,10,12H2,1-2H3/b8-5+,16-9-/t17-,18-,20-,21-,22+,23-,25-/m0/s1. The van der Waals surface area contributed by atoms with Gasteiger partial charge in [0.2, 0.25) is 0 Å². The number of phenolic OH excluding ortho intramolecular Hbond substituents is 1. The largest absolute Gasteiger partial charge is 0.508 e. The SMILES string of the molecule is CC(C)=C[C@@H]1OC(=O)/C(=C\CO[C@H]2O[C@@H](COC(=O)/C=C/c3ccc(O)cc3)[C@H](O)[C@@H](O)[C@@H]2O)[C@@H]1O. The number of aromatic hydroxyl groups is 1. The molecule has 1 aromatic carbocycles. The normalized spacial score (nSPS) is 31.4. The fraction of sp³-hybridized carbons (Fsp3) is 0.440. The molecule has 5 N–H and O–H groups in total. The van der Waals surface area contributed by atoms with Gasteiger partial charge in [0, 0.05) is 6.08 Å². The van der Waals surface area contributed by atoms with E-state index in [-0.39, 0.29) is 17.9 Å². The summed E-state index contributed by atoms with van der Waals surface area (Å²) in [7, 11) is 0. The number of benzene rings is 1. The number of esters is 2. The third kappa shape index (κ3) is 7.00. The summed E-state index contributed by atoms with van der Waals surface area (Å²) in [5, 5.41) is 50.2. The summed E-state index contributed by atoms with van der Waals surface area (Å²) in [6.45, 7) is 2.87. The van der Waals surface area contributed by atoms with Gasteiger partial charge in [-0.3, -0.25) is 0 Å². The van der Waals surface area contributed by atoms with Crippen LogP contribution in [0.4, 0.5) is 0 Å². The Morgan fingerprint density at radius 1 is 1.06 bits per heavy atom. The third-order valence-corrected chi connectivity index (χ3v) is 5.53. The topological polar surface area (TPSA) is 172 Å². The van der Waals surface area contributed by atoms with Gasteiger partial charge in [-0.05, 0) is 49.8 Å². The molecule has 11 heteroatoms. The average Bonchev–Trinajstić information content (AvgIpc) is 3.09. The van der Waals surface area contributed by atoms with Crippen molar-refractivity contribution in [3.05, 3.63) is 59.2 Å².